The zero-order valence-corrected chi connectivity index (χ0v) is 22.4. The van der Waals surface area contributed by atoms with Gasteiger partial charge in [-0.2, -0.15) is 0 Å². The van der Waals surface area contributed by atoms with E-state index in [2.05, 4.69) is 83.4 Å². The van der Waals surface area contributed by atoms with E-state index in [4.69, 9.17) is 14.7 Å². The van der Waals surface area contributed by atoms with Gasteiger partial charge in [-0.05, 0) is 59.3 Å². The van der Waals surface area contributed by atoms with E-state index < -0.39 is 0 Å². The average molecular weight is 542 g/mol. The lowest BCUT2D eigenvalue weighted by Crippen LogP contribution is -2.06. The molecule has 41 heavy (non-hydrogen) atoms. The van der Waals surface area contributed by atoms with Gasteiger partial charge < -0.3 is 4.74 Å². The molecule has 5 heteroatoms. The molecule has 6 aromatic carbocycles. The number of hydrogen-bond donors (Lipinski definition) is 0. The highest BCUT2D eigenvalue weighted by Crippen LogP contribution is 2.46. The first-order valence-electron chi connectivity index (χ1n) is 13.7. The number of aromatic nitrogens is 3. The van der Waals surface area contributed by atoms with Gasteiger partial charge in [0.05, 0.1) is 27.6 Å². The molecule has 0 radical (unpaired) electrons. The van der Waals surface area contributed by atoms with Crippen LogP contribution >= 0.6 is 11.3 Å². The molecule has 9 aromatic rings. The topological polar surface area (TPSA) is 39.9 Å². The Bertz CT molecular complexity index is 2580. The normalized spacial score (nSPS) is 12.6. The third-order valence-electron chi connectivity index (χ3n) is 8.41. The summed E-state index contributed by atoms with van der Waals surface area (Å²) in [6.07, 6.45) is 0. The minimum atomic E-state index is 0.661. The summed E-state index contributed by atoms with van der Waals surface area (Å²) in [6, 6.07) is 40.6. The van der Waals surface area contributed by atoms with Crippen LogP contribution < -0.4 is 4.74 Å². The third kappa shape index (κ3) is 2.78. The average Bonchev–Trinajstić information content (AvgIpc) is 3.57. The second-order valence-corrected chi connectivity index (χ2v) is 11.6. The van der Waals surface area contributed by atoms with Crippen LogP contribution in [0.2, 0.25) is 0 Å². The van der Waals surface area contributed by atoms with Gasteiger partial charge >= 0.3 is 0 Å². The summed E-state index contributed by atoms with van der Waals surface area (Å²) < 4.78 is 11.1. The molecule has 0 saturated heterocycles. The summed E-state index contributed by atoms with van der Waals surface area (Å²) in [5.41, 5.74) is 4.95. The molecule has 0 unspecified atom stereocenters. The van der Waals surface area contributed by atoms with E-state index in [0.717, 1.165) is 44.7 Å². The van der Waals surface area contributed by atoms with E-state index >= 15 is 0 Å². The number of fused-ring (bicyclic) bond motifs is 11. The molecule has 0 bridgehead atoms. The largest absolute Gasteiger partial charge is 0.456 e. The van der Waals surface area contributed by atoms with Crippen LogP contribution in [0.5, 0.6) is 11.5 Å². The van der Waals surface area contributed by atoms with Crippen molar-refractivity contribution in [1.82, 2.24) is 14.5 Å². The first-order chi connectivity index (χ1) is 20.3. The molecule has 0 spiro atoms. The lowest BCUT2D eigenvalue weighted by atomic mass is 9.99. The Kier molecular flexibility index (Phi) is 4.04. The van der Waals surface area contributed by atoms with Gasteiger partial charge in [0.1, 0.15) is 11.5 Å². The summed E-state index contributed by atoms with van der Waals surface area (Å²) in [5.74, 6) is 2.27. The molecule has 4 heterocycles. The Hall–Kier alpha value is -5.26. The minimum absolute atomic E-state index is 0.661. The lowest BCUT2D eigenvalue weighted by molar-refractivity contribution is 0.486. The highest BCUT2D eigenvalue weighted by atomic mass is 32.1. The SMILES string of the molecule is c1ccc2c(c1)Oc1cccc3nc(-n4c5ccccc5c5c6ccc7sc8ccccc8c7c6ccc54)nc-2c13. The molecule has 190 valence electrons. The summed E-state index contributed by atoms with van der Waals surface area (Å²) in [7, 11) is 0. The van der Waals surface area contributed by atoms with Gasteiger partial charge in [-0.3, -0.25) is 4.57 Å². The maximum atomic E-state index is 6.24. The fraction of sp³-hybridized carbons (Fsp3) is 0. The lowest BCUT2D eigenvalue weighted by Gasteiger charge is -2.20. The highest BCUT2D eigenvalue weighted by molar-refractivity contribution is 7.26. The van der Waals surface area contributed by atoms with Crippen molar-refractivity contribution in [2.75, 3.05) is 0 Å². The molecule has 3 aromatic heterocycles. The molecule has 0 aliphatic carbocycles. The Morgan fingerprint density at radius 1 is 0.512 bits per heavy atom. The van der Waals surface area contributed by atoms with Gasteiger partial charge in [0.15, 0.2) is 0 Å². The molecule has 10 rings (SSSR count). The van der Waals surface area contributed by atoms with Gasteiger partial charge in [-0.15, -0.1) is 11.3 Å². The fourth-order valence-electron chi connectivity index (χ4n) is 6.70. The molecule has 1 aliphatic rings. The Balaban J connectivity index is 1.35. The monoisotopic (exact) mass is 541 g/mol. The van der Waals surface area contributed by atoms with Crippen molar-refractivity contribution in [2.45, 2.75) is 0 Å². The minimum Gasteiger partial charge on any atom is -0.456 e. The van der Waals surface area contributed by atoms with Crippen LogP contribution in [0.4, 0.5) is 0 Å². The van der Waals surface area contributed by atoms with Crippen molar-refractivity contribution in [2.24, 2.45) is 0 Å². The van der Waals surface area contributed by atoms with Crippen molar-refractivity contribution in [3.63, 3.8) is 0 Å². The zero-order valence-electron chi connectivity index (χ0n) is 21.6. The van der Waals surface area contributed by atoms with Crippen molar-refractivity contribution in [1.29, 1.82) is 0 Å². The number of thiophene rings is 1. The molecule has 1 aliphatic heterocycles. The standard InChI is InChI=1S/C36H19N3OS/c1-4-12-26-22(8-1)32-20-17-19-31-33(24-10-3-6-15-30(24)41-31)21(20)16-18-27(32)39(26)36-37-25-11-7-14-29-34(25)35(38-36)23-9-2-5-13-28(23)40-29/h1-19H. The van der Waals surface area contributed by atoms with Crippen LogP contribution in [-0.4, -0.2) is 14.5 Å². The van der Waals surface area contributed by atoms with E-state index in [0.29, 0.717) is 5.95 Å². The van der Waals surface area contributed by atoms with Crippen molar-refractivity contribution >= 4 is 75.0 Å². The number of rotatable bonds is 1. The van der Waals surface area contributed by atoms with Crippen molar-refractivity contribution in [3.8, 4) is 28.7 Å². The molecule has 0 fully saturated rings. The maximum Gasteiger partial charge on any atom is 0.235 e. The summed E-state index contributed by atoms with van der Waals surface area (Å²) >= 11 is 1.86. The quantitative estimate of drug-likeness (QED) is 0.208. The predicted molar refractivity (Wildman–Crippen MR) is 170 cm³/mol. The van der Waals surface area contributed by atoms with Crippen molar-refractivity contribution < 1.29 is 4.74 Å². The second kappa shape index (κ2) is 7.68. The first-order valence-corrected chi connectivity index (χ1v) is 14.5. The Labute approximate surface area is 237 Å². The highest BCUT2D eigenvalue weighted by Gasteiger charge is 2.25. The molecular formula is C36H19N3OS. The van der Waals surface area contributed by atoms with Crippen LogP contribution in [-0.2, 0) is 0 Å². The van der Waals surface area contributed by atoms with E-state index in [1.807, 2.05) is 47.7 Å². The molecular weight excluding hydrogens is 522 g/mol. The maximum absolute atomic E-state index is 6.24. The second-order valence-electron chi connectivity index (χ2n) is 10.6. The van der Waals surface area contributed by atoms with E-state index in [1.54, 1.807) is 0 Å². The summed E-state index contributed by atoms with van der Waals surface area (Å²) in [4.78, 5) is 10.4. The number of hydrogen-bond acceptors (Lipinski definition) is 4. The zero-order chi connectivity index (χ0) is 26.7. The van der Waals surface area contributed by atoms with Crippen LogP contribution in [0.25, 0.3) is 80.9 Å². The first kappa shape index (κ1) is 21.5. The van der Waals surface area contributed by atoms with Crippen LogP contribution in [0.3, 0.4) is 0 Å². The van der Waals surface area contributed by atoms with E-state index in [1.165, 1.54) is 41.7 Å². The fourth-order valence-corrected chi connectivity index (χ4v) is 7.82. The summed E-state index contributed by atoms with van der Waals surface area (Å²) in [5, 5.41) is 8.55. The summed E-state index contributed by atoms with van der Waals surface area (Å²) in [6.45, 7) is 0. The third-order valence-corrected chi connectivity index (χ3v) is 9.54. The number of nitrogens with zero attached hydrogens (tertiary/aromatic N) is 3. The van der Waals surface area contributed by atoms with Crippen LogP contribution in [0.1, 0.15) is 0 Å². The molecule has 0 amide bonds. The predicted octanol–water partition coefficient (Wildman–Crippen LogP) is 10.0. The van der Waals surface area contributed by atoms with Gasteiger partial charge in [-0.25, -0.2) is 9.97 Å². The van der Waals surface area contributed by atoms with E-state index in [-0.39, 0.29) is 0 Å². The number of para-hydroxylation sites is 2. The number of ether oxygens (including phenoxy) is 1. The van der Waals surface area contributed by atoms with Crippen LogP contribution in [0.15, 0.2) is 115 Å². The van der Waals surface area contributed by atoms with Gasteiger partial charge in [-0.1, -0.05) is 66.7 Å². The Morgan fingerprint density at radius 3 is 2.27 bits per heavy atom. The van der Waals surface area contributed by atoms with Gasteiger partial charge in [0.25, 0.3) is 0 Å². The van der Waals surface area contributed by atoms with E-state index in [9.17, 15) is 0 Å². The van der Waals surface area contributed by atoms with Gasteiger partial charge in [0.2, 0.25) is 5.95 Å². The van der Waals surface area contributed by atoms with Gasteiger partial charge in [0, 0.05) is 36.5 Å². The molecule has 0 N–H and O–H groups in total. The van der Waals surface area contributed by atoms with Crippen LogP contribution in [0, 0.1) is 0 Å². The smallest absolute Gasteiger partial charge is 0.235 e. The molecule has 4 nitrogen and oxygen atoms in total. The van der Waals surface area contributed by atoms with Crippen molar-refractivity contribution in [3.05, 3.63) is 115 Å². The molecule has 0 saturated carbocycles. The Morgan fingerprint density at radius 2 is 1.29 bits per heavy atom. The number of benzene rings is 6. The molecule has 0 atom stereocenters.